The van der Waals surface area contributed by atoms with Crippen LogP contribution in [-0.2, 0) is 13.0 Å². The highest BCUT2D eigenvalue weighted by Gasteiger charge is 2.26. The fourth-order valence-electron chi connectivity index (χ4n) is 2.75. The molecule has 0 atom stereocenters. The molecule has 0 unspecified atom stereocenters. The summed E-state index contributed by atoms with van der Waals surface area (Å²) in [6, 6.07) is 10.8. The van der Waals surface area contributed by atoms with E-state index >= 15 is 0 Å². The van der Waals surface area contributed by atoms with Crippen LogP contribution in [0.25, 0.3) is 0 Å². The molecule has 3 rings (SSSR count). The Morgan fingerprint density at radius 3 is 2.76 bits per heavy atom. The molecule has 0 radical (unpaired) electrons. The Morgan fingerprint density at radius 2 is 2.00 bits per heavy atom. The summed E-state index contributed by atoms with van der Waals surface area (Å²) in [6.07, 6.45) is 0.810. The molecule has 5 nitrogen and oxygen atoms in total. The van der Waals surface area contributed by atoms with Crippen molar-refractivity contribution in [1.82, 2.24) is 0 Å². The molecule has 2 N–H and O–H groups in total. The predicted octanol–water partition coefficient (Wildman–Crippen LogP) is 3.39. The summed E-state index contributed by atoms with van der Waals surface area (Å²) in [6.45, 7) is 1.26. The summed E-state index contributed by atoms with van der Waals surface area (Å²) in [5, 5.41) is 11.4. The van der Waals surface area contributed by atoms with E-state index in [0.717, 1.165) is 17.7 Å². The molecule has 1 aliphatic rings. The highest BCUT2D eigenvalue weighted by molar-refractivity contribution is 6.33. The van der Waals surface area contributed by atoms with Crippen LogP contribution in [0, 0.1) is 10.1 Å². The smallest absolute Gasteiger partial charge is 0.310 e. The van der Waals surface area contributed by atoms with E-state index in [1.165, 1.54) is 11.6 Å². The quantitative estimate of drug-likeness (QED) is 0.524. The number of nitrogens with two attached hydrogens (primary N) is 1. The first-order valence-electron chi connectivity index (χ1n) is 6.62. The molecule has 0 aliphatic carbocycles. The molecule has 0 saturated carbocycles. The summed E-state index contributed by atoms with van der Waals surface area (Å²) < 4.78 is 0. The fraction of sp³-hybridized carbons (Fsp3) is 0.200. The molecule has 0 fully saturated rings. The normalized spacial score (nSPS) is 13.9. The molecule has 0 spiro atoms. The number of hydrogen-bond donors (Lipinski definition) is 1. The highest BCUT2D eigenvalue weighted by Crippen LogP contribution is 2.37. The third-order valence-corrected chi connectivity index (χ3v) is 4.10. The number of nitro benzene ring substituents is 1. The van der Waals surface area contributed by atoms with Crippen molar-refractivity contribution in [2.24, 2.45) is 0 Å². The number of fused-ring (bicyclic) bond motifs is 1. The van der Waals surface area contributed by atoms with Gasteiger partial charge in [-0.05, 0) is 35.7 Å². The minimum absolute atomic E-state index is 0.0443. The van der Waals surface area contributed by atoms with Gasteiger partial charge < -0.3 is 10.6 Å². The second kappa shape index (κ2) is 5.26. The zero-order valence-electron chi connectivity index (χ0n) is 11.3. The van der Waals surface area contributed by atoms with Gasteiger partial charge in [0.2, 0.25) is 0 Å². The van der Waals surface area contributed by atoms with Gasteiger partial charge in [0.05, 0.1) is 4.92 Å². The van der Waals surface area contributed by atoms with Crippen LogP contribution in [0.5, 0.6) is 0 Å². The van der Waals surface area contributed by atoms with Crippen LogP contribution in [0.1, 0.15) is 11.1 Å². The second-order valence-electron chi connectivity index (χ2n) is 5.02. The van der Waals surface area contributed by atoms with Crippen molar-refractivity contribution in [1.29, 1.82) is 0 Å². The van der Waals surface area contributed by atoms with Crippen LogP contribution in [-0.4, -0.2) is 11.5 Å². The van der Waals surface area contributed by atoms with Crippen molar-refractivity contribution < 1.29 is 4.92 Å². The number of rotatable bonds is 2. The summed E-state index contributed by atoms with van der Waals surface area (Å²) in [4.78, 5) is 12.8. The summed E-state index contributed by atoms with van der Waals surface area (Å²) in [7, 11) is 0. The Labute approximate surface area is 127 Å². The third kappa shape index (κ3) is 2.40. The Morgan fingerprint density at radius 1 is 1.24 bits per heavy atom. The molecule has 0 bridgehead atoms. The standard InChI is InChI=1S/C15H14ClN3O2/c16-12-4-2-6-14(15(12)19(20)21)18-8-7-10-3-1-5-13(17)11(10)9-18/h1-6H,7-9,17H2. The first-order chi connectivity index (χ1) is 10.1. The molecule has 0 saturated heterocycles. The van der Waals surface area contributed by atoms with Gasteiger partial charge in [-0.1, -0.05) is 29.8 Å². The zero-order chi connectivity index (χ0) is 15.0. The number of para-hydroxylation sites is 1. The van der Waals surface area contributed by atoms with Gasteiger partial charge in [0, 0.05) is 18.8 Å². The van der Waals surface area contributed by atoms with E-state index in [1.807, 2.05) is 17.0 Å². The molecule has 2 aromatic rings. The maximum absolute atomic E-state index is 11.3. The Balaban J connectivity index is 2.03. The molecule has 1 aliphatic heterocycles. The molecule has 21 heavy (non-hydrogen) atoms. The van der Waals surface area contributed by atoms with Crippen molar-refractivity contribution in [3.63, 3.8) is 0 Å². The minimum Gasteiger partial charge on any atom is -0.398 e. The summed E-state index contributed by atoms with van der Waals surface area (Å²) in [5.41, 5.74) is 9.49. The van der Waals surface area contributed by atoms with Gasteiger partial charge in [-0.3, -0.25) is 10.1 Å². The molecular formula is C15H14ClN3O2. The number of nitrogen functional groups attached to an aromatic ring is 1. The Hall–Kier alpha value is -2.27. The molecule has 2 aromatic carbocycles. The maximum atomic E-state index is 11.3. The number of nitrogens with zero attached hydrogens (tertiary/aromatic N) is 2. The van der Waals surface area contributed by atoms with Crippen molar-refractivity contribution in [2.45, 2.75) is 13.0 Å². The van der Waals surface area contributed by atoms with E-state index in [9.17, 15) is 10.1 Å². The van der Waals surface area contributed by atoms with Gasteiger partial charge in [-0.25, -0.2) is 0 Å². The van der Waals surface area contributed by atoms with E-state index in [2.05, 4.69) is 6.07 Å². The van der Waals surface area contributed by atoms with Gasteiger partial charge in [-0.15, -0.1) is 0 Å². The largest absolute Gasteiger partial charge is 0.398 e. The zero-order valence-corrected chi connectivity index (χ0v) is 12.0. The van der Waals surface area contributed by atoms with E-state index < -0.39 is 4.92 Å². The number of anilines is 2. The Kier molecular flexibility index (Phi) is 3.43. The van der Waals surface area contributed by atoms with E-state index in [4.69, 9.17) is 17.3 Å². The molecular weight excluding hydrogens is 290 g/mol. The minimum atomic E-state index is -0.429. The van der Waals surface area contributed by atoms with Gasteiger partial charge >= 0.3 is 5.69 Å². The topological polar surface area (TPSA) is 72.4 Å². The van der Waals surface area contributed by atoms with E-state index in [0.29, 0.717) is 18.8 Å². The average molecular weight is 304 g/mol. The average Bonchev–Trinajstić information content (AvgIpc) is 2.46. The monoisotopic (exact) mass is 303 g/mol. The van der Waals surface area contributed by atoms with E-state index in [-0.39, 0.29) is 10.7 Å². The van der Waals surface area contributed by atoms with Crippen molar-refractivity contribution in [3.8, 4) is 0 Å². The molecule has 108 valence electrons. The van der Waals surface area contributed by atoms with Gasteiger partial charge in [-0.2, -0.15) is 0 Å². The van der Waals surface area contributed by atoms with Gasteiger partial charge in [0.1, 0.15) is 10.7 Å². The maximum Gasteiger partial charge on any atom is 0.310 e. The fourth-order valence-corrected chi connectivity index (χ4v) is 2.99. The van der Waals surface area contributed by atoms with Gasteiger partial charge in [0.25, 0.3) is 0 Å². The predicted molar refractivity (Wildman–Crippen MR) is 83.7 cm³/mol. The number of benzene rings is 2. The van der Waals surface area contributed by atoms with Crippen LogP contribution >= 0.6 is 11.6 Å². The summed E-state index contributed by atoms with van der Waals surface area (Å²) >= 11 is 5.98. The first-order valence-corrected chi connectivity index (χ1v) is 7.00. The lowest BCUT2D eigenvalue weighted by atomic mass is 9.97. The Bertz CT molecular complexity index is 718. The van der Waals surface area contributed by atoms with E-state index in [1.54, 1.807) is 12.1 Å². The van der Waals surface area contributed by atoms with Crippen molar-refractivity contribution in [2.75, 3.05) is 17.2 Å². The molecule has 1 heterocycles. The SMILES string of the molecule is Nc1cccc2c1CN(c1cccc(Cl)c1[N+](=O)[O-])CC2. The molecule has 0 amide bonds. The number of halogens is 1. The van der Waals surface area contributed by atoms with Crippen molar-refractivity contribution in [3.05, 3.63) is 62.7 Å². The summed E-state index contributed by atoms with van der Waals surface area (Å²) in [5.74, 6) is 0. The lowest BCUT2D eigenvalue weighted by Crippen LogP contribution is -2.31. The lowest BCUT2D eigenvalue weighted by Gasteiger charge is -2.31. The number of nitro groups is 1. The van der Waals surface area contributed by atoms with Gasteiger partial charge in [0.15, 0.2) is 0 Å². The second-order valence-corrected chi connectivity index (χ2v) is 5.43. The third-order valence-electron chi connectivity index (χ3n) is 3.80. The van der Waals surface area contributed by atoms with Crippen LogP contribution in [0.3, 0.4) is 0 Å². The van der Waals surface area contributed by atoms with Crippen molar-refractivity contribution >= 4 is 28.7 Å². The molecule has 0 aromatic heterocycles. The van der Waals surface area contributed by atoms with Crippen LogP contribution in [0.2, 0.25) is 5.02 Å². The van der Waals surface area contributed by atoms with Crippen LogP contribution in [0.15, 0.2) is 36.4 Å². The first kappa shape index (κ1) is 13.7. The van der Waals surface area contributed by atoms with Crippen LogP contribution in [0.4, 0.5) is 17.1 Å². The van der Waals surface area contributed by atoms with Crippen LogP contribution < -0.4 is 10.6 Å². The lowest BCUT2D eigenvalue weighted by molar-refractivity contribution is -0.384. The molecule has 6 heteroatoms. The highest BCUT2D eigenvalue weighted by atomic mass is 35.5. The number of hydrogen-bond acceptors (Lipinski definition) is 4.